The molecule has 0 bridgehead atoms. The number of hydrogen-bond donors (Lipinski definition) is 1. The lowest BCUT2D eigenvalue weighted by molar-refractivity contribution is 0.212. The second kappa shape index (κ2) is 6.16. The second-order valence-electron chi connectivity index (χ2n) is 4.10. The fourth-order valence-corrected chi connectivity index (χ4v) is 1.83. The van der Waals surface area contributed by atoms with Crippen molar-refractivity contribution in [1.29, 1.82) is 0 Å². The Morgan fingerprint density at radius 1 is 1.21 bits per heavy atom. The van der Waals surface area contributed by atoms with E-state index >= 15 is 0 Å². The maximum absolute atomic E-state index is 13.4. The number of halogens is 1. The molecule has 3 heteroatoms. The van der Waals surface area contributed by atoms with Gasteiger partial charge in [0.2, 0.25) is 0 Å². The monoisotopic (exact) mass is 258 g/mol. The van der Waals surface area contributed by atoms with Crippen molar-refractivity contribution in [3.8, 4) is 5.75 Å². The summed E-state index contributed by atoms with van der Waals surface area (Å²) in [7, 11) is 0. The van der Waals surface area contributed by atoms with E-state index in [1.54, 1.807) is 18.2 Å². The summed E-state index contributed by atoms with van der Waals surface area (Å²) in [5.41, 5.74) is 1.10. The van der Waals surface area contributed by atoms with Crippen LogP contribution in [0.25, 0.3) is 0 Å². The molecule has 0 aliphatic heterocycles. The number of rotatable bonds is 5. The van der Waals surface area contributed by atoms with Gasteiger partial charge in [-0.25, -0.2) is 4.39 Å². The van der Waals surface area contributed by atoms with Gasteiger partial charge in [0, 0.05) is 5.56 Å². The molecule has 0 saturated carbocycles. The van der Waals surface area contributed by atoms with Crippen molar-refractivity contribution < 1.29 is 14.2 Å². The highest BCUT2D eigenvalue weighted by atomic mass is 19.1. The Morgan fingerprint density at radius 3 is 2.63 bits per heavy atom. The highest BCUT2D eigenvalue weighted by Crippen LogP contribution is 2.30. The highest BCUT2D eigenvalue weighted by molar-refractivity contribution is 5.40. The van der Waals surface area contributed by atoms with Crippen LogP contribution < -0.4 is 4.74 Å². The van der Waals surface area contributed by atoms with Gasteiger partial charge in [-0.1, -0.05) is 43.0 Å². The van der Waals surface area contributed by atoms with Crippen LogP contribution in [0.5, 0.6) is 5.75 Å². The van der Waals surface area contributed by atoms with E-state index < -0.39 is 11.9 Å². The van der Waals surface area contributed by atoms with Crippen LogP contribution in [-0.2, 0) is 0 Å². The van der Waals surface area contributed by atoms with Crippen molar-refractivity contribution in [2.45, 2.75) is 6.10 Å². The average molecular weight is 258 g/mol. The molecule has 98 valence electrons. The Hall–Kier alpha value is -2.13. The van der Waals surface area contributed by atoms with Gasteiger partial charge in [-0.05, 0) is 23.8 Å². The predicted octanol–water partition coefficient (Wildman–Crippen LogP) is 3.47. The first kappa shape index (κ1) is 13.3. The van der Waals surface area contributed by atoms with Gasteiger partial charge in [-0.3, -0.25) is 0 Å². The summed E-state index contributed by atoms with van der Waals surface area (Å²) in [6, 6.07) is 13.2. The van der Waals surface area contributed by atoms with Crippen LogP contribution in [0.15, 0.2) is 61.2 Å². The molecular weight excluding hydrogens is 243 g/mol. The minimum absolute atomic E-state index is 0.306. The van der Waals surface area contributed by atoms with Crippen molar-refractivity contribution in [2.24, 2.45) is 0 Å². The zero-order chi connectivity index (χ0) is 13.7. The van der Waals surface area contributed by atoms with Crippen LogP contribution in [0, 0.1) is 5.82 Å². The van der Waals surface area contributed by atoms with Gasteiger partial charge >= 0.3 is 0 Å². The Labute approximate surface area is 111 Å². The maximum atomic E-state index is 13.4. The standard InChI is InChI=1S/C16H15FO2/c1-2-10-19-15-9-8-13(17)11-14(15)16(18)12-6-4-3-5-7-12/h2-9,11,16,18H,1,10H2. The normalized spacial score (nSPS) is 11.9. The van der Waals surface area contributed by atoms with Crippen LogP contribution in [0.2, 0.25) is 0 Å². The van der Waals surface area contributed by atoms with E-state index in [0.29, 0.717) is 23.5 Å². The molecule has 0 spiro atoms. The fraction of sp³-hybridized carbons (Fsp3) is 0.125. The zero-order valence-corrected chi connectivity index (χ0v) is 10.4. The second-order valence-corrected chi connectivity index (χ2v) is 4.10. The van der Waals surface area contributed by atoms with Crippen molar-refractivity contribution in [3.63, 3.8) is 0 Å². The molecule has 0 radical (unpaired) electrons. The van der Waals surface area contributed by atoms with E-state index in [1.807, 2.05) is 18.2 Å². The molecule has 1 atom stereocenters. The molecule has 2 nitrogen and oxygen atoms in total. The van der Waals surface area contributed by atoms with Crippen molar-refractivity contribution in [2.75, 3.05) is 6.61 Å². The number of aliphatic hydroxyl groups excluding tert-OH is 1. The highest BCUT2D eigenvalue weighted by Gasteiger charge is 2.16. The topological polar surface area (TPSA) is 29.5 Å². The third-order valence-corrected chi connectivity index (χ3v) is 2.74. The van der Waals surface area contributed by atoms with Crippen molar-refractivity contribution in [1.82, 2.24) is 0 Å². The van der Waals surface area contributed by atoms with E-state index in [0.717, 1.165) is 0 Å². The van der Waals surface area contributed by atoms with Crippen LogP contribution in [0.4, 0.5) is 4.39 Å². The lowest BCUT2D eigenvalue weighted by Gasteiger charge is -2.16. The summed E-state index contributed by atoms with van der Waals surface area (Å²) < 4.78 is 18.8. The zero-order valence-electron chi connectivity index (χ0n) is 10.4. The Morgan fingerprint density at radius 2 is 1.95 bits per heavy atom. The summed E-state index contributed by atoms with van der Waals surface area (Å²) in [6.07, 6.45) is 0.680. The molecule has 0 amide bonds. The third kappa shape index (κ3) is 3.20. The quantitative estimate of drug-likeness (QED) is 0.832. The Balaban J connectivity index is 2.36. The first-order valence-electron chi connectivity index (χ1n) is 5.98. The van der Waals surface area contributed by atoms with E-state index in [2.05, 4.69) is 6.58 Å². The van der Waals surface area contributed by atoms with Crippen LogP contribution in [0.3, 0.4) is 0 Å². The van der Waals surface area contributed by atoms with Gasteiger partial charge in [0.15, 0.2) is 0 Å². The largest absolute Gasteiger partial charge is 0.489 e. The van der Waals surface area contributed by atoms with Crippen molar-refractivity contribution in [3.05, 3.63) is 78.1 Å². The summed E-state index contributed by atoms with van der Waals surface area (Å²) in [5, 5.41) is 10.3. The van der Waals surface area contributed by atoms with Gasteiger partial charge < -0.3 is 9.84 Å². The van der Waals surface area contributed by atoms with E-state index in [9.17, 15) is 9.50 Å². The molecule has 0 heterocycles. The van der Waals surface area contributed by atoms with E-state index in [1.165, 1.54) is 18.2 Å². The SMILES string of the molecule is C=CCOc1ccc(F)cc1C(O)c1ccccc1. The number of ether oxygens (including phenoxy) is 1. The minimum Gasteiger partial charge on any atom is -0.489 e. The lowest BCUT2D eigenvalue weighted by atomic mass is 10.0. The first-order valence-corrected chi connectivity index (χ1v) is 5.98. The Bertz CT molecular complexity index is 552. The maximum Gasteiger partial charge on any atom is 0.126 e. The molecule has 1 N–H and O–H groups in total. The molecular formula is C16H15FO2. The average Bonchev–Trinajstić information content (AvgIpc) is 2.46. The third-order valence-electron chi connectivity index (χ3n) is 2.74. The van der Waals surface area contributed by atoms with Crippen LogP contribution >= 0.6 is 0 Å². The van der Waals surface area contributed by atoms with Crippen LogP contribution in [0.1, 0.15) is 17.2 Å². The smallest absolute Gasteiger partial charge is 0.126 e. The number of hydrogen-bond acceptors (Lipinski definition) is 2. The molecule has 0 saturated heterocycles. The fourth-order valence-electron chi connectivity index (χ4n) is 1.83. The van der Waals surface area contributed by atoms with Gasteiger partial charge in [0.05, 0.1) is 0 Å². The van der Waals surface area contributed by atoms with Crippen LogP contribution in [-0.4, -0.2) is 11.7 Å². The summed E-state index contributed by atoms with van der Waals surface area (Å²) in [5.74, 6) is 0.0496. The first-order chi connectivity index (χ1) is 9.22. The minimum atomic E-state index is -0.920. The molecule has 0 fully saturated rings. The Kier molecular flexibility index (Phi) is 4.31. The molecule has 0 aliphatic carbocycles. The summed E-state index contributed by atoms with van der Waals surface area (Å²) >= 11 is 0. The predicted molar refractivity (Wildman–Crippen MR) is 72.6 cm³/mol. The molecule has 0 aliphatic rings. The molecule has 19 heavy (non-hydrogen) atoms. The van der Waals surface area contributed by atoms with Gasteiger partial charge in [-0.2, -0.15) is 0 Å². The summed E-state index contributed by atoms with van der Waals surface area (Å²) in [6.45, 7) is 3.87. The van der Waals surface area contributed by atoms with Crippen molar-refractivity contribution >= 4 is 0 Å². The molecule has 2 aromatic carbocycles. The number of benzene rings is 2. The van der Waals surface area contributed by atoms with Gasteiger partial charge in [0.1, 0.15) is 24.3 Å². The molecule has 0 aromatic heterocycles. The molecule has 2 rings (SSSR count). The summed E-state index contributed by atoms with van der Waals surface area (Å²) in [4.78, 5) is 0. The van der Waals surface area contributed by atoms with Gasteiger partial charge in [0.25, 0.3) is 0 Å². The molecule has 2 aromatic rings. The lowest BCUT2D eigenvalue weighted by Crippen LogP contribution is -2.04. The molecule has 1 unspecified atom stereocenters. The number of aliphatic hydroxyl groups is 1. The van der Waals surface area contributed by atoms with E-state index in [-0.39, 0.29) is 0 Å². The van der Waals surface area contributed by atoms with E-state index in [4.69, 9.17) is 4.74 Å². The van der Waals surface area contributed by atoms with Gasteiger partial charge in [-0.15, -0.1) is 0 Å².